The fourth-order valence-electron chi connectivity index (χ4n) is 1.99. The topological polar surface area (TPSA) is 89.6 Å². The van der Waals surface area contributed by atoms with E-state index in [2.05, 4.69) is 0 Å². The first-order valence-electron chi connectivity index (χ1n) is 6.74. The highest BCUT2D eigenvalue weighted by Gasteiger charge is 2.36. The van der Waals surface area contributed by atoms with Gasteiger partial charge in [0.1, 0.15) is 5.60 Å². The van der Waals surface area contributed by atoms with Gasteiger partial charge in [0.15, 0.2) is 0 Å². The zero-order chi connectivity index (χ0) is 15.2. The zero-order valence-corrected chi connectivity index (χ0v) is 12.6. The Balaban J connectivity index is 5.02. The van der Waals surface area contributed by atoms with Crippen molar-refractivity contribution in [2.45, 2.75) is 53.1 Å². The molecule has 0 rings (SSSR count). The maximum absolute atomic E-state index is 12.1. The number of hydrogen-bond acceptors (Lipinski definition) is 4. The molecular weight excluding hydrogens is 246 g/mol. The van der Waals surface area contributed by atoms with Crippen LogP contribution in [-0.2, 0) is 14.3 Å². The van der Waals surface area contributed by atoms with Gasteiger partial charge in [-0.2, -0.15) is 0 Å². The maximum atomic E-state index is 12.1. The molecule has 0 aliphatic carbocycles. The lowest BCUT2D eigenvalue weighted by molar-refractivity contribution is -0.167. The van der Waals surface area contributed by atoms with Gasteiger partial charge in [-0.3, -0.25) is 9.59 Å². The molecule has 0 aromatic carbocycles. The first kappa shape index (κ1) is 17.9. The van der Waals surface area contributed by atoms with Gasteiger partial charge < -0.3 is 15.6 Å². The van der Waals surface area contributed by atoms with Crippen LogP contribution in [0.3, 0.4) is 0 Å². The summed E-state index contributed by atoms with van der Waals surface area (Å²) in [6, 6.07) is 0. The molecule has 0 aromatic rings. The number of carbonyl (C=O) groups is 2. The Morgan fingerprint density at radius 1 is 1.21 bits per heavy atom. The van der Waals surface area contributed by atoms with E-state index in [1.807, 2.05) is 13.8 Å². The van der Waals surface area contributed by atoms with Crippen LogP contribution < -0.4 is 5.73 Å². The minimum Gasteiger partial charge on any atom is -0.481 e. The average Bonchev–Trinajstić information content (AvgIpc) is 2.19. The fraction of sp³-hybridized carbons (Fsp3) is 0.857. The van der Waals surface area contributed by atoms with Crippen LogP contribution in [0.25, 0.3) is 0 Å². The molecule has 0 radical (unpaired) electrons. The smallest absolute Gasteiger partial charge is 0.310 e. The summed E-state index contributed by atoms with van der Waals surface area (Å²) >= 11 is 0. The number of carboxylic acids is 1. The van der Waals surface area contributed by atoms with Crippen LogP contribution >= 0.6 is 0 Å². The monoisotopic (exact) mass is 273 g/mol. The van der Waals surface area contributed by atoms with Crippen molar-refractivity contribution < 1.29 is 19.4 Å². The summed E-state index contributed by atoms with van der Waals surface area (Å²) in [7, 11) is 0. The molecule has 0 saturated heterocycles. The van der Waals surface area contributed by atoms with Crippen LogP contribution in [0.4, 0.5) is 0 Å². The summed E-state index contributed by atoms with van der Waals surface area (Å²) in [6.45, 7) is 9.44. The molecule has 112 valence electrons. The second kappa shape index (κ2) is 7.48. The molecule has 19 heavy (non-hydrogen) atoms. The Morgan fingerprint density at radius 3 is 2.05 bits per heavy atom. The molecule has 0 heterocycles. The zero-order valence-electron chi connectivity index (χ0n) is 12.6. The van der Waals surface area contributed by atoms with E-state index in [-0.39, 0.29) is 12.5 Å². The number of nitrogens with two attached hydrogens (primary N) is 1. The Morgan fingerprint density at radius 2 is 1.74 bits per heavy atom. The minimum absolute atomic E-state index is 0.198. The summed E-state index contributed by atoms with van der Waals surface area (Å²) in [5, 5.41) is 9.32. The average molecular weight is 273 g/mol. The van der Waals surface area contributed by atoms with Crippen molar-refractivity contribution in [3.63, 3.8) is 0 Å². The molecule has 0 saturated carbocycles. The summed E-state index contributed by atoms with van der Waals surface area (Å²) in [5.41, 5.74) is 4.88. The number of ether oxygens (including phenoxy) is 1. The molecule has 0 aliphatic rings. The van der Waals surface area contributed by atoms with Gasteiger partial charge in [0.2, 0.25) is 0 Å². The first-order valence-corrected chi connectivity index (χ1v) is 6.74. The summed E-state index contributed by atoms with van der Waals surface area (Å²) < 4.78 is 5.31. The van der Waals surface area contributed by atoms with E-state index in [4.69, 9.17) is 10.5 Å². The van der Waals surface area contributed by atoms with E-state index in [0.717, 1.165) is 0 Å². The highest BCUT2D eigenvalue weighted by atomic mass is 16.6. The summed E-state index contributed by atoms with van der Waals surface area (Å²) in [6.07, 6.45) is 0.776. The fourth-order valence-corrected chi connectivity index (χ4v) is 1.99. The van der Waals surface area contributed by atoms with E-state index < -0.39 is 29.4 Å². The predicted molar refractivity (Wildman–Crippen MR) is 73.6 cm³/mol. The van der Waals surface area contributed by atoms with E-state index >= 15 is 0 Å². The molecule has 0 fully saturated rings. The Labute approximate surface area is 115 Å². The molecular formula is C14H27NO4. The summed E-state index contributed by atoms with van der Waals surface area (Å²) in [5.74, 6) is -2.64. The van der Waals surface area contributed by atoms with Gasteiger partial charge in [0.25, 0.3) is 0 Å². The van der Waals surface area contributed by atoms with Crippen LogP contribution in [-0.4, -0.2) is 29.2 Å². The molecule has 5 nitrogen and oxygen atoms in total. The van der Waals surface area contributed by atoms with Gasteiger partial charge in [-0.25, -0.2) is 0 Å². The highest BCUT2D eigenvalue weighted by Crippen LogP contribution is 2.26. The van der Waals surface area contributed by atoms with Gasteiger partial charge >= 0.3 is 11.9 Å². The van der Waals surface area contributed by atoms with E-state index in [9.17, 15) is 14.7 Å². The second-order valence-electron chi connectivity index (χ2n) is 6.29. The molecule has 5 heteroatoms. The molecule has 3 N–H and O–H groups in total. The molecule has 0 aliphatic heterocycles. The quantitative estimate of drug-likeness (QED) is 0.693. The third-order valence-electron chi connectivity index (χ3n) is 2.72. The normalized spacial score (nSPS) is 15.1. The van der Waals surface area contributed by atoms with Crippen molar-refractivity contribution in [2.75, 3.05) is 6.54 Å². The molecule has 0 amide bonds. The summed E-state index contributed by atoms with van der Waals surface area (Å²) in [4.78, 5) is 23.5. The first-order chi connectivity index (χ1) is 8.58. The standard InChI is InChI=1S/C14H27NO4/c1-9(2)8-11(12(16)17)10(6-7-15)13(18)19-14(3,4)5/h9-11H,6-8,15H2,1-5H3,(H,16,17)/t10-,11?/m1/s1. The van der Waals surface area contributed by atoms with E-state index in [0.29, 0.717) is 12.8 Å². The Hall–Kier alpha value is -1.10. The van der Waals surface area contributed by atoms with Crippen LogP contribution in [0.1, 0.15) is 47.5 Å². The van der Waals surface area contributed by atoms with Gasteiger partial charge in [-0.15, -0.1) is 0 Å². The number of carbonyl (C=O) groups excluding carboxylic acids is 1. The lowest BCUT2D eigenvalue weighted by atomic mass is 9.83. The van der Waals surface area contributed by atoms with Crippen LogP contribution in [0, 0.1) is 17.8 Å². The second-order valence-corrected chi connectivity index (χ2v) is 6.29. The number of esters is 1. The third kappa shape index (κ3) is 7.15. The molecule has 0 spiro atoms. The van der Waals surface area contributed by atoms with Crippen molar-refractivity contribution in [3.05, 3.63) is 0 Å². The number of carboxylic acid groups (broad SMARTS) is 1. The molecule has 2 atom stereocenters. The van der Waals surface area contributed by atoms with Crippen LogP contribution in [0.15, 0.2) is 0 Å². The number of aliphatic carboxylic acids is 1. The molecule has 0 aromatic heterocycles. The Bertz CT molecular complexity index is 307. The van der Waals surface area contributed by atoms with Gasteiger partial charge in [-0.05, 0) is 46.1 Å². The van der Waals surface area contributed by atoms with E-state index in [1.54, 1.807) is 20.8 Å². The van der Waals surface area contributed by atoms with Gasteiger partial charge in [0.05, 0.1) is 11.8 Å². The van der Waals surface area contributed by atoms with E-state index in [1.165, 1.54) is 0 Å². The van der Waals surface area contributed by atoms with Crippen LogP contribution in [0.2, 0.25) is 0 Å². The van der Waals surface area contributed by atoms with Crippen molar-refractivity contribution in [2.24, 2.45) is 23.5 Å². The van der Waals surface area contributed by atoms with Crippen molar-refractivity contribution in [1.29, 1.82) is 0 Å². The third-order valence-corrected chi connectivity index (χ3v) is 2.72. The van der Waals surface area contributed by atoms with Crippen molar-refractivity contribution in [3.8, 4) is 0 Å². The van der Waals surface area contributed by atoms with Crippen molar-refractivity contribution >= 4 is 11.9 Å². The SMILES string of the molecule is CC(C)CC(C(=O)O)[C@@H](CCN)C(=O)OC(C)(C)C. The van der Waals surface area contributed by atoms with Crippen LogP contribution in [0.5, 0.6) is 0 Å². The lowest BCUT2D eigenvalue weighted by Gasteiger charge is -2.27. The predicted octanol–water partition coefficient (Wildman–Crippen LogP) is 2.04. The molecule has 0 bridgehead atoms. The highest BCUT2D eigenvalue weighted by molar-refractivity contribution is 5.81. The maximum Gasteiger partial charge on any atom is 0.310 e. The largest absolute Gasteiger partial charge is 0.481 e. The molecule has 1 unspecified atom stereocenters. The Kier molecular flexibility index (Phi) is 7.05. The minimum atomic E-state index is -0.960. The lowest BCUT2D eigenvalue weighted by Crippen LogP contribution is -2.37. The van der Waals surface area contributed by atoms with Gasteiger partial charge in [0, 0.05) is 0 Å². The number of hydrogen-bond donors (Lipinski definition) is 2. The van der Waals surface area contributed by atoms with Crippen molar-refractivity contribution in [1.82, 2.24) is 0 Å². The van der Waals surface area contributed by atoms with Gasteiger partial charge in [-0.1, -0.05) is 13.8 Å². The number of rotatable bonds is 7.